The smallest absolute Gasteiger partial charge is 0.258 e. The summed E-state index contributed by atoms with van der Waals surface area (Å²) in [5, 5.41) is 4.02. The number of nitrogens with zero attached hydrogens (tertiary/aromatic N) is 2. The summed E-state index contributed by atoms with van der Waals surface area (Å²) in [5.41, 5.74) is 0.978. The molecule has 1 saturated heterocycles. The van der Waals surface area contributed by atoms with Gasteiger partial charge in [-0.2, -0.15) is 0 Å². The lowest BCUT2D eigenvalue weighted by molar-refractivity contribution is -0.00828. The maximum absolute atomic E-state index is 5.96. The van der Waals surface area contributed by atoms with Crippen molar-refractivity contribution in [2.75, 3.05) is 26.2 Å². The van der Waals surface area contributed by atoms with Crippen molar-refractivity contribution in [3.05, 3.63) is 35.9 Å². The number of oxime groups is 1. The number of benzene rings is 1. The van der Waals surface area contributed by atoms with Crippen LogP contribution in [0.15, 0.2) is 35.5 Å². The fourth-order valence-corrected chi connectivity index (χ4v) is 2.61. The van der Waals surface area contributed by atoms with Gasteiger partial charge in [-0.05, 0) is 43.2 Å². The van der Waals surface area contributed by atoms with Crippen molar-refractivity contribution in [2.24, 2.45) is 5.16 Å². The number of ether oxygens (including phenoxy) is 1. The van der Waals surface area contributed by atoms with Crippen molar-refractivity contribution in [3.63, 3.8) is 0 Å². The normalized spacial score (nSPS) is 24.2. The van der Waals surface area contributed by atoms with Crippen LogP contribution in [0.2, 0.25) is 0 Å². The first-order valence-electron chi connectivity index (χ1n) is 7.06. The molecule has 1 aromatic rings. The highest BCUT2D eigenvalue weighted by Crippen LogP contribution is 2.14. The lowest BCUT2D eigenvalue weighted by Gasteiger charge is -2.31. The molecule has 0 bridgehead atoms. The van der Waals surface area contributed by atoms with Gasteiger partial charge in [0.15, 0.2) is 6.61 Å². The van der Waals surface area contributed by atoms with E-state index in [0.717, 1.165) is 12.1 Å². The van der Waals surface area contributed by atoms with Gasteiger partial charge >= 0.3 is 0 Å². The van der Waals surface area contributed by atoms with Crippen LogP contribution >= 0.6 is 0 Å². The molecule has 2 heterocycles. The predicted molar refractivity (Wildman–Crippen MR) is 74.1 cm³/mol. The van der Waals surface area contributed by atoms with E-state index in [4.69, 9.17) is 9.57 Å². The van der Waals surface area contributed by atoms with Crippen molar-refractivity contribution < 1.29 is 9.57 Å². The molecule has 1 atom stereocenters. The molecule has 0 aliphatic carbocycles. The molecule has 0 amide bonds. The average molecular weight is 260 g/mol. The maximum atomic E-state index is 5.96. The van der Waals surface area contributed by atoms with Crippen LogP contribution in [0, 0.1) is 0 Å². The molecule has 1 unspecified atom stereocenters. The molecule has 0 aromatic heterocycles. The zero-order valence-electron chi connectivity index (χ0n) is 11.1. The SMILES string of the molecule is c1ccc(C2=NOCC(CN3CCCCC3)O2)cc1. The molecule has 0 spiro atoms. The molecule has 0 saturated carbocycles. The Bertz CT molecular complexity index is 427. The van der Waals surface area contributed by atoms with Crippen molar-refractivity contribution in [2.45, 2.75) is 25.4 Å². The van der Waals surface area contributed by atoms with Crippen LogP contribution in [0.25, 0.3) is 0 Å². The Morgan fingerprint density at radius 3 is 2.68 bits per heavy atom. The van der Waals surface area contributed by atoms with E-state index in [1.807, 2.05) is 30.3 Å². The number of piperidine rings is 1. The van der Waals surface area contributed by atoms with Crippen molar-refractivity contribution in [1.29, 1.82) is 0 Å². The van der Waals surface area contributed by atoms with Crippen LogP contribution in [0.4, 0.5) is 0 Å². The van der Waals surface area contributed by atoms with Crippen LogP contribution in [0.5, 0.6) is 0 Å². The van der Waals surface area contributed by atoms with Gasteiger partial charge in [-0.3, -0.25) is 4.90 Å². The topological polar surface area (TPSA) is 34.1 Å². The van der Waals surface area contributed by atoms with Gasteiger partial charge in [0, 0.05) is 12.1 Å². The van der Waals surface area contributed by atoms with Gasteiger partial charge in [0.05, 0.1) is 0 Å². The Kier molecular flexibility index (Phi) is 3.98. The van der Waals surface area contributed by atoms with Crippen LogP contribution in [0.3, 0.4) is 0 Å². The fourth-order valence-electron chi connectivity index (χ4n) is 2.61. The van der Waals surface area contributed by atoms with Crippen LogP contribution in [0.1, 0.15) is 24.8 Å². The van der Waals surface area contributed by atoms with E-state index in [-0.39, 0.29) is 6.10 Å². The first-order chi connectivity index (χ1) is 9.42. The quantitative estimate of drug-likeness (QED) is 0.836. The molecule has 2 aliphatic heterocycles. The van der Waals surface area contributed by atoms with Crippen molar-refractivity contribution in [1.82, 2.24) is 4.90 Å². The minimum Gasteiger partial charge on any atom is -0.467 e. The summed E-state index contributed by atoms with van der Waals surface area (Å²) in [4.78, 5) is 7.79. The summed E-state index contributed by atoms with van der Waals surface area (Å²) in [7, 11) is 0. The highest BCUT2D eigenvalue weighted by Gasteiger charge is 2.23. The minimum atomic E-state index is 0.0887. The maximum Gasteiger partial charge on any atom is 0.258 e. The molecule has 102 valence electrons. The molecule has 0 N–H and O–H groups in total. The predicted octanol–water partition coefficient (Wildman–Crippen LogP) is 2.25. The molecule has 19 heavy (non-hydrogen) atoms. The molecule has 1 fully saturated rings. The van der Waals surface area contributed by atoms with Gasteiger partial charge < -0.3 is 9.57 Å². The van der Waals surface area contributed by atoms with Gasteiger partial charge in [0.1, 0.15) is 6.10 Å². The van der Waals surface area contributed by atoms with Crippen LogP contribution < -0.4 is 0 Å². The second-order valence-electron chi connectivity index (χ2n) is 5.16. The third-order valence-corrected chi connectivity index (χ3v) is 3.62. The molecule has 0 radical (unpaired) electrons. The number of likely N-dealkylation sites (tertiary alicyclic amines) is 1. The van der Waals surface area contributed by atoms with E-state index in [1.165, 1.54) is 32.4 Å². The van der Waals surface area contributed by atoms with E-state index in [1.54, 1.807) is 0 Å². The summed E-state index contributed by atoms with van der Waals surface area (Å²) in [6.45, 7) is 3.84. The second kappa shape index (κ2) is 6.06. The zero-order valence-corrected chi connectivity index (χ0v) is 11.1. The van der Waals surface area contributed by atoms with Gasteiger partial charge in [0.25, 0.3) is 5.90 Å². The Morgan fingerprint density at radius 2 is 1.89 bits per heavy atom. The third kappa shape index (κ3) is 3.26. The standard InChI is InChI=1S/C15H20N2O2/c1-3-7-13(8-4-1)15-16-18-12-14(19-15)11-17-9-5-2-6-10-17/h1,3-4,7-8,14H,2,5-6,9-12H2. The third-order valence-electron chi connectivity index (χ3n) is 3.62. The highest BCUT2D eigenvalue weighted by atomic mass is 16.7. The Balaban J connectivity index is 1.59. The van der Waals surface area contributed by atoms with Crippen molar-refractivity contribution in [3.8, 4) is 0 Å². The minimum absolute atomic E-state index is 0.0887. The van der Waals surface area contributed by atoms with E-state index in [9.17, 15) is 0 Å². The van der Waals surface area contributed by atoms with Gasteiger partial charge in [-0.1, -0.05) is 24.6 Å². The van der Waals surface area contributed by atoms with E-state index >= 15 is 0 Å². The largest absolute Gasteiger partial charge is 0.467 e. The summed E-state index contributed by atoms with van der Waals surface area (Å²) < 4.78 is 5.96. The number of hydrogen-bond acceptors (Lipinski definition) is 4. The molecular formula is C15H20N2O2. The fraction of sp³-hybridized carbons (Fsp3) is 0.533. The van der Waals surface area contributed by atoms with Crippen LogP contribution in [-0.2, 0) is 9.57 Å². The Morgan fingerprint density at radius 1 is 1.11 bits per heavy atom. The van der Waals surface area contributed by atoms with E-state index in [0.29, 0.717) is 12.5 Å². The van der Waals surface area contributed by atoms with E-state index in [2.05, 4.69) is 10.1 Å². The summed E-state index contributed by atoms with van der Waals surface area (Å²) in [6.07, 6.45) is 4.04. The summed E-state index contributed by atoms with van der Waals surface area (Å²) >= 11 is 0. The van der Waals surface area contributed by atoms with Gasteiger partial charge in [0.2, 0.25) is 0 Å². The Labute approximate surface area is 114 Å². The summed E-state index contributed by atoms with van der Waals surface area (Å²) in [5.74, 6) is 0.605. The number of rotatable bonds is 3. The zero-order chi connectivity index (χ0) is 12.9. The lowest BCUT2D eigenvalue weighted by atomic mass is 10.1. The number of hydrogen-bond donors (Lipinski definition) is 0. The molecule has 4 heteroatoms. The molecule has 3 rings (SSSR count). The molecule has 1 aromatic carbocycles. The second-order valence-corrected chi connectivity index (χ2v) is 5.16. The first-order valence-corrected chi connectivity index (χ1v) is 7.06. The highest BCUT2D eigenvalue weighted by molar-refractivity contribution is 5.93. The molecule has 2 aliphatic rings. The van der Waals surface area contributed by atoms with Gasteiger partial charge in [-0.25, -0.2) is 0 Å². The van der Waals surface area contributed by atoms with Crippen molar-refractivity contribution >= 4 is 5.90 Å². The monoisotopic (exact) mass is 260 g/mol. The van der Waals surface area contributed by atoms with Gasteiger partial charge in [-0.15, -0.1) is 0 Å². The van der Waals surface area contributed by atoms with E-state index < -0.39 is 0 Å². The average Bonchev–Trinajstić information content (AvgIpc) is 2.49. The Hall–Kier alpha value is -1.55. The first kappa shape index (κ1) is 12.5. The molecule has 4 nitrogen and oxygen atoms in total. The molecular weight excluding hydrogens is 240 g/mol. The van der Waals surface area contributed by atoms with Crippen LogP contribution in [-0.4, -0.2) is 43.1 Å². The lowest BCUT2D eigenvalue weighted by Crippen LogP contribution is -2.41. The summed E-state index contributed by atoms with van der Waals surface area (Å²) in [6, 6.07) is 9.93.